The first kappa shape index (κ1) is 21.3. The van der Waals surface area contributed by atoms with Crippen LogP contribution in [0.3, 0.4) is 0 Å². The molecule has 0 saturated carbocycles. The minimum Gasteiger partial charge on any atom is -0.490 e. The number of fused-ring (bicyclic) bond motifs is 2. The van der Waals surface area contributed by atoms with Crippen LogP contribution in [0.15, 0.2) is 52.1 Å². The van der Waals surface area contributed by atoms with Crippen molar-refractivity contribution in [3.63, 3.8) is 0 Å². The molecule has 0 radical (unpaired) electrons. The fraction of sp³-hybridized carbons (Fsp3) is 0.375. The van der Waals surface area contributed by atoms with E-state index in [0.717, 1.165) is 43.1 Å². The minimum absolute atomic E-state index is 0.0524. The highest BCUT2D eigenvalue weighted by Gasteiger charge is 2.24. The van der Waals surface area contributed by atoms with E-state index in [-0.39, 0.29) is 18.7 Å². The molecule has 33 heavy (non-hydrogen) atoms. The van der Waals surface area contributed by atoms with Crippen molar-refractivity contribution in [3.05, 3.63) is 63.3 Å². The maximum Gasteiger partial charge on any atom is 0.329 e. The van der Waals surface area contributed by atoms with E-state index in [4.69, 9.17) is 4.74 Å². The van der Waals surface area contributed by atoms with E-state index in [1.807, 2.05) is 42.5 Å². The van der Waals surface area contributed by atoms with E-state index in [1.54, 1.807) is 11.6 Å². The van der Waals surface area contributed by atoms with E-state index in [1.165, 1.54) is 4.57 Å². The van der Waals surface area contributed by atoms with E-state index in [2.05, 4.69) is 14.9 Å². The summed E-state index contributed by atoms with van der Waals surface area (Å²) in [4.78, 5) is 33.9. The molecule has 172 valence electrons. The molecular formula is C24H27N5O4. The molecule has 2 aromatic heterocycles. The summed E-state index contributed by atoms with van der Waals surface area (Å²) in [5.74, 6) is 1.29. The number of nitrogens with zero attached hydrogens (tertiary/aromatic N) is 4. The van der Waals surface area contributed by atoms with Gasteiger partial charge < -0.3 is 19.3 Å². The van der Waals surface area contributed by atoms with Gasteiger partial charge in [-0.05, 0) is 30.7 Å². The average molecular weight is 450 g/mol. The van der Waals surface area contributed by atoms with Crippen molar-refractivity contribution >= 4 is 27.9 Å². The lowest BCUT2D eigenvalue weighted by Gasteiger charge is -2.28. The molecular weight excluding hydrogens is 422 g/mol. The van der Waals surface area contributed by atoms with Crippen LogP contribution < -0.4 is 20.9 Å². The zero-order valence-electron chi connectivity index (χ0n) is 18.5. The van der Waals surface area contributed by atoms with Gasteiger partial charge in [0, 0.05) is 25.5 Å². The third-order valence-corrected chi connectivity index (χ3v) is 6.20. The number of imidazole rings is 1. The first-order valence-corrected chi connectivity index (χ1v) is 11.3. The van der Waals surface area contributed by atoms with Crippen molar-refractivity contribution in [1.29, 1.82) is 0 Å². The number of aromatic amines is 1. The van der Waals surface area contributed by atoms with E-state index in [0.29, 0.717) is 17.3 Å². The van der Waals surface area contributed by atoms with Gasteiger partial charge in [-0.25, -0.2) is 4.79 Å². The lowest BCUT2D eigenvalue weighted by molar-refractivity contribution is 0.0943. The van der Waals surface area contributed by atoms with Crippen LogP contribution in [-0.4, -0.2) is 50.0 Å². The lowest BCUT2D eigenvalue weighted by atomic mass is 10.1. The maximum atomic E-state index is 12.7. The predicted molar refractivity (Wildman–Crippen MR) is 127 cm³/mol. The van der Waals surface area contributed by atoms with Crippen molar-refractivity contribution in [3.8, 4) is 5.75 Å². The Bertz CT molecular complexity index is 1410. The van der Waals surface area contributed by atoms with Gasteiger partial charge in [-0.3, -0.25) is 14.3 Å². The second-order valence-electron chi connectivity index (χ2n) is 8.50. The van der Waals surface area contributed by atoms with Crippen LogP contribution >= 0.6 is 0 Å². The number of benzene rings is 2. The van der Waals surface area contributed by atoms with Gasteiger partial charge >= 0.3 is 5.69 Å². The number of aromatic nitrogens is 4. The van der Waals surface area contributed by atoms with Crippen LogP contribution in [-0.2, 0) is 13.6 Å². The Morgan fingerprint density at radius 3 is 2.67 bits per heavy atom. The number of aliphatic hydroxyl groups is 1. The molecule has 4 aromatic rings. The molecule has 0 amide bonds. The lowest BCUT2D eigenvalue weighted by Crippen LogP contribution is -2.34. The Labute approximate surface area is 189 Å². The average Bonchev–Trinajstić information content (AvgIpc) is 3.21. The third-order valence-electron chi connectivity index (χ3n) is 6.20. The smallest absolute Gasteiger partial charge is 0.329 e. The first-order chi connectivity index (χ1) is 16.0. The molecule has 9 heteroatoms. The van der Waals surface area contributed by atoms with Crippen molar-refractivity contribution in [2.45, 2.75) is 31.9 Å². The van der Waals surface area contributed by atoms with Gasteiger partial charge in [0.15, 0.2) is 11.2 Å². The molecule has 1 unspecified atom stereocenters. The molecule has 1 fully saturated rings. The third kappa shape index (κ3) is 4.00. The Kier molecular flexibility index (Phi) is 5.63. The fourth-order valence-electron chi connectivity index (χ4n) is 4.50. The van der Waals surface area contributed by atoms with Crippen molar-refractivity contribution in [1.82, 2.24) is 19.1 Å². The largest absolute Gasteiger partial charge is 0.490 e. The van der Waals surface area contributed by atoms with Crippen molar-refractivity contribution in [2.75, 3.05) is 24.6 Å². The van der Waals surface area contributed by atoms with Gasteiger partial charge in [-0.1, -0.05) is 36.4 Å². The van der Waals surface area contributed by atoms with Gasteiger partial charge in [0.2, 0.25) is 5.95 Å². The maximum absolute atomic E-state index is 12.7. The molecule has 1 aliphatic heterocycles. The predicted octanol–water partition coefficient (Wildman–Crippen LogP) is 2.01. The van der Waals surface area contributed by atoms with Gasteiger partial charge in [0.05, 0.1) is 6.54 Å². The van der Waals surface area contributed by atoms with Gasteiger partial charge in [0.1, 0.15) is 18.5 Å². The topological polar surface area (TPSA) is 105 Å². The molecule has 2 N–H and O–H groups in total. The highest BCUT2D eigenvalue weighted by atomic mass is 16.5. The number of piperidine rings is 1. The summed E-state index contributed by atoms with van der Waals surface area (Å²) in [7, 11) is 1.58. The molecule has 0 spiro atoms. The van der Waals surface area contributed by atoms with Crippen molar-refractivity contribution < 1.29 is 9.84 Å². The molecule has 5 rings (SSSR count). The molecule has 9 nitrogen and oxygen atoms in total. The SMILES string of the molecule is Cn1c(=O)[nH]c(=O)c2c1nc(N1CCCCC1)n2CC(O)COc1cccc2ccccc12. The Morgan fingerprint density at radius 1 is 1.09 bits per heavy atom. The highest BCUT2D eigenvalue weighted by Crippen LogP contribution is 2.26. The summed E-state index contributed by atoms with van der Waals surface area (Å²) < 4.78 is 9.01. The number of ether oxygens (including phenoxy) is 1. The Morgan fingerprint density at radius 2 is 1.85 bits per heavy atom. The number of hydrogen-bond donors (Lipinski definition) is 2. The quantitative estimate of drug-likeness (QED) is 0.467. The highest BCUT2D eigenvalue weighted by molar-refractivity contribution is 5.88. The number of aliphatic hydroxyl groups excluding tert-OH is 1. The van der Waals surface area contributed by atoms with E-state index in [9.17, 15) is 14.7 Å². The molecule has 1 saturated heterocycles. The van der Waals surface area contributed by atoms with Gasteiger partial charge in [-0.15, -0.1) is 0 Å². The van der Waals surface area contributed by atoms with Crippen molar-refractivity contribution in [2.24, 2.45) is 7.05 Å². The fourth-order valence-corrected chi connectivity index (χ4v) is 4.50. The first-order valence-electron chi connectivity index (χ1n) is 11.3. The zero-order chi connectivity index (χ0) is 22.9. The molecule has 0 aliphatic carbocycles. The van der Waals surface area contributed by atoms with Crippen LogP contribution in [0, 0.1) is 0 Å². The summed E-state index contributed by atoms with van der Waals surface area (Å²) in [6, 6.07) is 13.7. The standard InChI is InChI=1S/C24H27N5O4/c1-27-21-20(22(31)26-24(27)32)29(23(25-21)28-12-5-2-6-13-28)14-17(30)15-33-19-11-7-9-16-8-3-4-10-18(16)19/h3-4,7-11,17,30H,2,5-6,12-15H2,1H3,(H,26,31,32). The second kappa shape index (κ2) is 8.74. The number of anilines is 1. The molecule has 1 aliphatic rings. The van der Waals surface area contributed by atoms with E-state index >= 15 is 0 Å². The molecule has 1 atom stereocenters. The monoisotopic (exact) mass is 449 g/mol. The number of aryl methyl sites for hydroxylation is 1. The molecule has 2 aromatic carbocycles. The van der Waals surface area contributed by atoms with E-state index < -0.39 is 17.4 Å². The van der Waals surface area contributed by atoms with Crippen LogP contribution in [0.25, 0.3) is 21.9 Å². The summed E-state index contributed by atoms with van der Waals surface area (Å²) in [5.41, 5.74) is -0.429. The Hall–Kier alpha value is -3.59. The summed E-state index contributed by atoms with van der Waals surface area (Å²) in [6.45, 7) is 1.81. The second-order valence-corrected chi connectivity index (χ2v) is 8.50. The number of hydrogen-bond acceptors (Lipinski definition) is 6. The molecule has 0 bridgehead atoms. The summed E-state index contributed by atoms with van der Waals surface area (Å²) >= 11 is 0. The van der Waals surface area contributed by atoms with Gasteiger partial charge in [0.25, 0.3) is 5.56 Å². The van der Waals surface area contributed by atoms with Crippen LogP contribution in [0.1, 0.15) is 19.3 Å². The van der Waals surface area contributed by atoms with Gasteiger partial charge in [-0.2, -0.15) is 4.98 Å². The van der Waals surface area contributed by atoms with Crippen LogP contribution in [0.2, 0.25) is 0 Å². The number of H-pyrrole nitrogens is 1. The summed E-state index contributed by atoms with van der Waals surface area (Å²) in [5, 5.41) is 12.9. The minimum atomic E-state index is -0.887. The van der Waals surface area contributed by atoms with Crippen LogP contribution in [0.4, 0.5) is 5.95 Å². The number of nitrogens with one attached hydrogen (secondary N) is 1. The number of rotatable bonds is 6. The normalized spacial score (nSPS) is 15.3. The zero-order valence-corrected chi connectivity index (χ0v) is 18.5. The van der Waals surface area contributed by atoms with Crippen LogP contribution in [0.5, 0.6) is 5.75 Å². The Balaban J connectivity index is 1.46. The molecule has 3 heterocycles. The summed E-state index contributed by atoms with van der Waals surface area (Å²) in [6.07, 6.45) is 2.33.